The molecule has 0 atom stereocenters. The zero-order valence-corrected chi connectivity index (χ0v) is 19.9. The molecule has 0 radical (unpaired) electrons. The number of anilines is 2. The first-order valence-electron chi connectivity index (χ1n) is 9.51. The summed E-state index contributed by atoms with van der Waals surface area (Å²) in [6.45, 7) is 7.75. The summed E-state index contributed by atoms with van der Waals surface area (Å²) in [5.74, 6) is -0.662. The average molecular weight is 484 g/mol. The van der Waals surface area contributed by atoms with Gasteiger partial charge in [-0.2, -0.15) is 0 Å². The second kappa shape index (κ2) is 8.68. The molecule has 2 aromatic heterocycles. The van der Waals surface area contributed by atoms with Gasteiger partial charge in [0.25, 0.3) is 0 Å². The molecule has 0 saturated heterocycles. The molecule has 0 aliphatic rings. The van der Waals surface area contributed by atoms with Gasteiger partial charge in [-0.05, 0) is 24.6 Å². The van der Waals surface area contributed by atoms with Crippen molar-refractivity contribution in [3.8, 4) is 21.8 Å². The van der Waals surface area contributed by atoms with E-state index in [9.17, 15) is 12.8 Å². The van der Waals surface area contributed by atoms with Gasteiger partial charge in [0.1, 0.15) is 5.82 Å². The molecule has 2 heterocycles. The molecule has 0 aliphatic carbocycles. The number of thiazole rings is 1. The number of rotatable bonds is 6. The lowest BCUT2D eigenvalue weighted by atomic mass is 9.98. The van der Waals surface area contributed by atoms with Crippen molar-refractivity contribution < 1.29 is 12.8 Å². The highest BCUT2D eigenvalue weighted by Gasteiger charge is 2.26. The standard InChI is InChI=1S/C20H23ClFN5O2S2/c1-5-8-31(28,29)27-14-10-11(22)9-12(15(14)21)16-17(13-6-7-24-19(23)25-13)30-18(26-16)20(2,3)4/h6-7,9-10,27H,5,8H2,1-4H3,(H2,23,24,25). The lowest BCUT2D eigenvalue weighted by Gasteiger charge is -2.14. The van der Waals surface area contributed by atoms with Crippen LogP contribution in [0.3, 0.4) is 0 Å². The van der Waals surface area contributed by atoms with E-state index in [4.69, 9.17) is 22.3 Å². The molecule has 11 heteroatoms. The Morgan fingerprint density at radius 2 is 1.97 bits per heavy atom. The van der Waals surface area contributed by atoms with Crippen LogP contribution in [-0.4, -0.2) is 29.1 Å². The van der Waals surface area contributed by atoms with Crippen LogP contribution in [0.2, 0.25) is 5.02 Å². The zero-order valence-electron chi connectivity index (χ0n) is 17.5. The number of nitrogens with two attached hydrogens (primary N) is 1. The normalized spacial score (nSPS) is 12.2. The number of nitrogens with one attached hydrogen (secondary N) is 1. The maximum absolute atomic E-state index is 14.5. The lowest BCUT2D eigenvalue weighted by molar-refractivity contribution is 0.586. The Kier molecular flexibility index (Phi) is 6.54. The van der Waals surface area contributed by atoms with Crippen molar-refractivity contribution in [3.63, 3.8) is 0 Å². The summed E-state index contributed by atoms with van der Waals surface area (Å²) in [5, 5.41) is 0.832. The van der Waals surface area contributed by atoms with Crippen LogP contribution >= 0.6 is 22.9 Å². The smallest absolute Gasteiger partial charge is 0.232 e. The van der Waals surface area contributed by atoms with E-state index in [1.807, 2.05) is 20.8 Å². The number of nitrogen functional groups attached to an aromatic ring is 1. The highest BCUT2D eigenvalue weighted by Crippen LogP contribution is 2.44. The van der Waals surface area contributed by atoms with Crippen LogP contribution in [0, 0.1) is 5.82 Å². The molecule has 0 aliphatic heterocycles. The molecule has 3 rings (SSSR count). The summed E-state index contributed by atoms with van der Waals surface area (Å²) in [5.41, 5.74) is 6.60. The minimum Gasteiger partial charge on any atom is -0.368 e. The topological polar surface area (TPSA) is 111 Å². The number of nitrogens with zero attached hydrogens (tertiary/aromatic N) is 3. The Bertz CT molecular complexity index is 1220. The van der Waals surface area contributed by atoms with Gasteiger partial charge in [-0.1, -0.05) is 39.3 Å². The van der Waals surface area contributed by atoms with Gasteiger partial charge in [0.15, 0.2) is 0 Å². The SMILES string of the molecule is CCCS(=O)(=O)Nc1cc(F)cc(-c2nc(C(C)(C)C)sc2-c2ccnc(N)n2)c1Cl. The molecule has 3 N–H and O–H groups in total. The highest BCUT2D eigenvalue weighted by molar-refractivity contribution is 7.92. The maximum Gasteiger partial charge on any atom is 0.232 e. The quantitative estimate of drug-likeness (QED) is 0.505. The number of aromatic nitrogens is 3. The number of sulfonamides is 1. The molecule has 0 bridgehead atoms. The summed E-state index contributed by atoms with van der Waals surface area (Å²) in [6, 6.07) is 3.96. The molecular formula is C20H23ClFN5O2S2. The Balaban J connectivity index is 2.24. The summed E-state index contributed by atoms with van der Waals surface area (Å²) >= 11 is 7.94. The lowest BCUT2D eigenvalue weighted by Crippen LogP contribution is -2.16. The fraction of sp³-hybridized carbons (Fsp3) is 0.350. The third-order valence-electron chi connectivity index (χ3n) is 4.21. The molecule has 166 valence electrons. The highest BCUT2D eigenvalue weighted by atomic mass is 35.5. The van der Waals surface area contributed by atoms with Gasteiger partial charge in [0.05, 0.1) is 37.7 Å². The predicted molar refractivity (Wildman–Crippen MR) is 124 cm³/mol. The Morgan fingerprint density at radius 1 is 1.26 bits per heavy atom. The van der Waals surface area contributed by atoms with Gasteiger partial charge in [0, 0.05) is 17.2 Å². The molecule has 7 nitrogen and oxygen atoms in total. The van der Waals surface area contributed by atoms with Crippen molar-refractivity contribution in [2.24, 2.45) is 0 Å². The minimum absolute atomic E-state index is 0.0384. The van der Waals surface area contributed by atoms with Gasteiger partial charge in [-0.3, -0.25) is 4.72 Å². The van der Waals surface area contributed by atoms with Crippen molar-refractivity contribution >= 4 is 44.6 Å². The van der Waals surface area contributed by atoms with Crippen LogP contribution in [-0.2, 0) is 15.4 Å². The summed E-state index contributed by atoms with van der Waals surface area (Å²) in [4.78, 5) is 13.5. The van der Waals surface area contributed by atoms with Gasteiger partial charge >= 0.3 is 0 Å². The molecule has 0 spiro atoms. The van der Waals surface area contributed by atoms with Crippen LogP contribution in [0.15, 0.2) is 24.4 Å². The predicted octanol–water partition coefficient (Wildman–Crippen LogP) is 5.09. The fourth-order valence-corrected chi connectivity index (χ4v) is 5.36. The van der Waals surface area contributed by atoms with E-state index in [-0.39, 0.29) is 33.4 Å². The molecule has 31 heavy (non-hydrogen) atoms. The first-order chi connectivity index (χ1) is 14.4. The fourth-order valence-electron chi connectivity index (χ4n) is 2.82. The van der Waals surface area contributed by atoms with Crippen molar-refractivity contribution in [1.29, 1.82) is 0 Å². The number of hydrogen-bond acceptors (Lipinski definition) is 7. The van der Waals surface area contributed by atoms with Crippen LogP contribution in [0.25, 0.3) is 21.8 Å². The van der Waals surface area contributed by atoms with E-state index < -0.39 is 15.8 Å². The minimum atomic E-state index is -3.66. The third kappa shape index (κ3) is 5.31. The summed E-state index contributed by atoms with van der Waals surface area (Å²) in [7, 11) is -3.66. The van der Waals surface area contributed by atoms with E-state index in [1.165, 1.54) is 23.6 Å². The molecule has 3 aromatic rings. The van der Waals surface area contributed by atoms with Gasteiger partial charge < -0.3 is 5.73 Å². The summed E-state index contributed by atoms with van der Waals surface area (Å²) < 4.78 is 41.4. The monoisotopic (exact) mass is 483 g/mol. The number of benzene rings is 1. The Morgan fingerprint density at radius 3 is 2.58 bits per heavy atom. The zero-order chi connectivity index (χ0) is 23.0. The first kappa shape index (κ1) is 23.4. The van der Waals surface area contributed by atoms with E-state index >= 15 is 0 Å². The van der Waals surface area contributed by atoms with E-state index in [0.717, 1.165) is 11.1 Å². The van der Waals surface area contributed by atoms with Gasteiger partial charge in [-0.25, -0.2) is 27.8 Å². The molecule has 0 fully saturated rings. The molecule has 0 unspecified atom stereocenters. The second-order valence-corrected chi connectivity index (χ2v) is 11.2. The van der Waals surface area contributed by atoms with E-state index in [0.29, 0.717) is 22.7 Å². The van der Waals surface area contributed by atoms with Crippen molar-refractivity contribution in [1.82, 2.24) is 15.0 Å². The van der Waals surface area contributed by atoms with Crippen LogP contribution < -0.4 is 10.5 Å². The van der Waals surface area contributed by atoms with E-state index in [1.54, 1.807) is 13.0 Å². The van der Waals surface area contributed by atoms with Gasteiger partial charge in [-0.15, -0.1) is 11.3 Å². The maximum atomic E-state index is 14.5. The Labute approximate surface area is 190 Å². The van der Waals surface area contributed by atoms with Crippen LogP contribution in [0.1, 0.15) is 39.1 Å². The summed E-state index contributed by atoms with van der Waals surface area (Å²) in [6.07, 6.45) is 1.94. The average Bonchev–Trinajstić information content (AvgIpc) is 3.09. The Hall–Kier alpha value is -2.30. The molecule has 0 saturated carbocycles. The largest absolute Gasteiger partial charge is 0.368 e. The van der Waals surface area contributed by atoms with Crippen LogP contribution in [0.4, 0.5) is 16.0 Å². The number of hydrogen-bond donors (Lipinski definition) is 2. The molecule has 1 aromatic carbocycles. The molecule has 0 amide bonds. The molecular weight excluding hydrogens is 461 g/mol. The van der Waals surface area contributed by atoms with E-state index in [2.05, 4.69) is 14.7 Å². The number of halogens is 2. The second-order valence-electron chi connectivity index (χ2n) is 7.98. The van der Waals surface area contributed by atoms with Gasteiger partial charge in [0.2, 0.25) is 16.0 Å². The first-order valence-corrected chi connectivity index (χ1v) is 12.4. The third-order valence-corrected chi connectivity index (χ3v) is 7.59. The van der Waals surface area contributed by atoms with Crippen molar-refractivity contribution in [2.45, 2.75) is 39.5 Å². The van der Waals surface area contributed by atoms with Crippen molar-refractivity contribution in [3.05, 3.63) is 40.2 Å². The van der Waals surface area contributed by atoms with Crippen molar-refractivity contribution in [2.75, 3.05) is 16.2 Å². The van der Waals surface area contributed by atoms with Crippen LogP contribution in [0.5, 0.6) is 0 Å².